The van der Waals surface area contributed by atoms with Crippen molar-refractivity contribution in [3.63, 3.8) is 0 Å². The SMILES string of the molecule is COc1cccc2c1CN(c1c(-c3ccc4c(=O)[nH]nc(CN)c4c3)cnn1C)C2=O. The highest BCUT2D eigenvalue weighted by molar-refractivity contribution is 6.11. The maximum absolute atomic E-state index is 13.2. The van der Waals surface area contributed by atoms with Gasteiger partial charge in [0.05, 0.1) is 30.9 Å². The number of amides is 1. The van der Waals surface area contributed by atoms with Gasteiger partial charge in [0.15, 0.2) is 0 Å². The van der Waals surface area contributed by atoms with E-state index in [0.29, 0.717) is 40.1 Å². The van der Waals surface area contributed by atoms with Gasteiger partial charge in [-0.1, -0.05) is 12.1 Å². The van der Waals surface area contributed by atoms with E-state index in [-0.39, 0.29) is 18.0 Å². The molecular formula is C22H20N6O3. The van der Waals surface area contributed by atoms with Gasteiger partial charge in [0.1, 0.15) is 11.6 Å². The van der Waals surface area contributed by atoms with E-state index in [0.717, 1.165) is 16.7 Å². The Morgan fingerprint density at radius 3 is 2.77 bits per heavy atom. The first-order valence-corrected chi connectivity index (χ1v) is 9.75. The predicted octanol–water partition coefficient (Wildman–Crippen LogP) is 1.95. The number of nitrogens with zero attached hydrogens (tertiary/aromatic N) is 4. The van der Waals surface area contributed by atoms with Crippen molar-refractivity contribution in [2.45, 2.75) is 13.1 Å². The molecule has 0 fully saturated rings. The van der Waals surface area contributed by atoms with Gasteiger partial charge in [-0.15, -0.1) is 0 Å². The number of aryl methyl sites for hydroxylation is 1. The fourth-order valence-electron chi connectivity index (χ4n) is 4.16. The highest BCUT2D eigenvalue weighted by Crippen LogP contribution is 2.38. The Hall–Kier alpha value is -3.98. The Bertz CT molecular complexity index is 1400. The largest absolute Gasteiger partial charge is 0.496 e. The molecular weight excluding hydrogens is 396 g/mol. The third-order valence-electron chi connectivity index (χ3n) is 5.68. The minimum Gasteiger partial charge on any atom is -0.496 e. The second-order valence-corrected chi connectivity index (χ2v) is 7.35. The van der Waals surface area contributed by atoms with E-state index in [9.17, 15) is 9.59 Å². The Labute approximate surface area is 177 Å². The number of nitrogens with two attached hydrogens (primary N) is 1. The van der Waals surface area contributed by atoms with Crippen molar-refractivity contribution in [1.29, 1.82) is 0 Å². The van der Waals surface area contributed by atoms with Crippen LogP contribution >= 0.6 is 0 Å². The highest BCUT2D eigenvalue weighted by Gasteiger charge is 2.34. The molecule has 0 atom stereocenters. The maximum atomic E-state index is 13.2. The fraction of sp³-hybridized carbons (Fsp3) is 0.182. The molecule has 0 saturated carbocycles. The summed E-state index contributed by atoms with van der Waals surface area (Å²) in [4.78, 5) is 27.1. The predicted molar refractivity (Wildman–Crippen MR) is 116 cm³/mol. The second-order valence-electron chi connectivity index (χ2n) is 7.35. The third-order valence-corrected chi connectivity index (χ3v) is 5.68. The van der Waals surface area contributed by atoms with Gasteiger partial charge in [-0.3, -0.25) is 19.2 Å². The molecule has 9 heteroatoms. The minimum atomic E-state index is -0.276. The van der Waals surface area contributed by atoms with Gasteiger partial charge >= 0.3 is 0 Å². The molecule has 0 unspecified atom stereocenters. The second kappa shape index (κ2) is 7.06. The summed E-state index contributed by atoms with van der Waals surface area (Å²) in [6, 6.07) is 10.9. The molecule has 0 spiro atoms. The van der Waals surface area contributed by atoms with Crippen molar-refractivity contribution < 1.29 is 9.53 Å². The molecule has 1 aliphatic heterocycles. The molecule has 156 valence electrons. The van der Waals surface area contributed by atoms with Crippen LogP contribution in [0.4, 0.5) is 5.82 Å². The number of aromatic nitrogens is 4. The zero-order valence-electron chi connectivity index (χ0n) is 17.0. The summed E-state index contributed by atoms with van der Waals surface area (Å²) in [5, 5.41) is 12.1. The molecule has 0 saturated heterocycles. The highest BCUT2D eigenvalue weighted by atomic mass is 16.5. The zero-order chi connectivity index (χ0) is 21.7. The van der Waals surface area contributed by atoms with Gasteiger partial charge in [0.2, 0.25) is 0 Å². The van der Waals surface area contributed by atoms with Crippen LogP contribution in [0.3, 0.4) is 0 Å². The van der Waals surface area contributed by atoms with E-state index in [1.165, 1.54) is 0 Å². The van der Waals surface area contributed by atoms with Crippen LogP contribution < -0.4 is 20.9 Å². The van der Waals surface area contributed by atoms with E-state index >= 15 is 0 Å². The van der Waals surface area contributed by atoms with Gasteiger partial charge in [-0.05, 0) is 29.8 Å². The molecule has 2 aromatic heterocycles. The van der Waals surface area contributed by atoms with Crippen molar-refractivity contribution in [1.82, 2.24) is 20.0 Å². The van der Waals surface area contributed by atoms with Crippen LogP contribution in [0.5, 0.6) is 5.75 Å². The van der Waals surface area contributed by atoms with Crippen molar-refractivity contribution in [2.75, 3.05) is 12.0 Å². The fourth-order valence-corrected chi connectivity index (χ4v) is 4.16. The average molecular weight is 416 g/mol. The topological polar surface area (TPSA) is 119 Å². The first-order chi connectivity index (χ1) is 15.0. The number of benzene rings is 2. The molecule has 3 heterocycles. The number of hydrogen-bond acceptors (Lipinski definition) is 6. The molecule has 1 amide bonds. The molecule has 0 radical (unpaired) electrons. The van der Waals surface area contributed by atoms with E-state index < -0.39 is 0 Å². The van der Waals surface area contributed by atoms with E-state index in [2.05, 4.69) is 15.3 Å². The number of fused-ring (bicyclic) bond motifs is 2. The molecule has 31 heavy (non-hydrogen) atoms. The van der Waals surface area contributed by atoms with Crippen LogP contribution in [0.15, 0.2) is 47.4 Å². The van der Waals surface area contributed by atoms with E-state index in [4.69, 9.17) is 10.5 Å². The Morgan fingerprint density at radius 1 is 1.16 bits per heavy atom. The molecule has 9 nitrogen and oxygen atoms in total. The lowest BCUT2D eigenvalue weighted by atomic mass is 10.0. The summed E-state index contributed by atoms with van der Waals surface area (Å²) in [5.41, 5.74) is 9.19. The van der Waals surface area contributed by atoms with Crippen LogP contribution in [-0.4, -0.2) is 33.0 Å². The average Bonchev–Trinajstić information content (AvgIpc) is 3.33. The van der Waals surface area contributed by atoms with Crippen LogP contribution in [0.1, 0.15) is 21.6 Å². The lowest BCUT2D eigenvalue weighted by molar-refractivity contribution is 0.0995. The van der Waals surface area contributed by atoms with Crippen LogP contribution in [0, 0.1) is 0 Å². The molecule has 4 aromatic rings. The normalized spacial score (nSPS) is 13.1. The summed E-state index contributed by atoms with van der Waals surface area (Å²) in [5.74, 6) is 1.23. The number of aromatic amines is 1. The summed E-state index contributed by atoms with van der Waals surface area (Å²) in [6.45, 7) is 0.573. The number of rotatable bonds is 4. The van der Waals surface area contributed by atoms with Gasteiger partial charge in [-0.2, -0.15) is 10.2 Å². The first kappa shape index (κ1) is 19.0. The van der Waals surface area contributed by atoms with Gasteiger partial charge in [0, 0.05) is 35.7 Å². The number of nitrogens with one attached hydrogen (secondary N) is 1. The van der Waals surface area contributed by atoms with E-state index in [1.807, 2.05) is 24.3 Å². The molecule has 2 aromatic carbocycles. The van der Waals surface area contributed by atoms with Gasteiger partial charge in [-0.25, -0.2) is 5.10 Å². The van der Waals surface area contributed by atoms with E-state index in [1.54, 1.807) is 42.1 Å². The molecule has 1 aliphatic rings. The minimum absolute atomic E-state index is 0.111. The Kier molecular flexibility index (Phi) is 4.33. The smallest absolute Gasteiger partial charge is 0.272 e. The van der Waals surface area contributed by atoms with Crippen LogP contribution in [0.25, 0.3) is 21.9 Å². The number of carbonyl (C=O) groups excluding carboxylic acids is 1. The quantitative estimate of drug-likeness (QED) is 0.525. The Balaban J connectivity index is 1.65. The summed E-state index contributed by atoms with van der Waals surface area (Å²) >= 11 is 0. The number of methoxy groups -OCH3 is 1. The number of anilines is 1. The standard InChI is InChI=1S/C22H20N6O3/c1-27-21(28-11-17-14(22(28)30)4-3-5-19(17)31-2)16(10-24-27)12-6-7-13-15(8-12)18(9-23)25-26-20(13)29/h3-8,10H,9,11,23H2,1-2H3,(H,26,29). The molecule has 0 bridgehead atoms. The maximum Gasteiger partial charge on any atom is 0.272 e. The van der Waals surface area contributed by atoms with Crippen molar-refractivity contribution in [3.05, 3.63) is 69.8 Å². The molecule has 5 rings (SSSR count). The molecule has 0 aliphatic carbocycles. The third kappa shape index (κ3) is 2.82. The first-order valence-electron chi connectivity index (χ1n) is 9.75. The lowest BCUT2D eigenvalue weighted by Crippen LogP contribution is -2.26. The monoisotopic (exact) mass is 416 g/mol. The van der Waals surface area contributed by atoms with Gasteiger partial charge < -0.3 is 10.5 Å². The van der Waals surface area contributed by atoms with Crippen molar-refractivity contribution in [3.8, 4) is 16.9 Å². The summed E-state index contributed by atoms with van der Waals surface area (Å²) < 4.78 is 7.12. The Morgan fingerprint density at radius 2 is 2.00 bits per heavy atom. The summed E-state index contributed by atoms with van der Waals surface area (Å²) in [7, 11) is 3.39. The van der Waals surface area contributed by atoms with Gasteiger partial charge in [0.25, 0.3) is 11.5 Å². The number of hydrogen-bond donors (Lipinski definition) is 2. The number of carbonyl (C=O) groups is 1. The lowest BCUT2D eigenvalue weighted by Gasteiger charge is -2.18. The number of H-pyrrole nitrogens is 1. The zero-order valence-corrected chi connectivity index (χ0v) is 17.0. The van der Waals surface area contributed by atoms with Crippen LogP contribution in [0.2, 0.25) is 0 Å². The van der Waals surface area contributed by atoms with Crippen LogP contribution in [-0.2, 0) is 20.1 Å². The number of ether oxygens (including phenoxy) is 1. The summed E-state index contributed by atoms with van der Waals surface area (Å²) in [6.07, 6.45) is 1.71. The van der Waals surface area contributed by atoms with Crippen molar-refractivity contribution in [2.24, 2.45) is 12.8 Å². The van der Waals surface area contributed by atoms with Crippen molar-refractivity contribution >= 4 is 22.5 Å². The molecule has 3 N–H and O–H groups in total.